The molecule has 2 bridgehead atoms. The highest BCUT2D eigenvalue weighted by Crippen LogP contribution is 2.39. The van der Waals surface area contributed by atoms with Crippen LogP contribution in [0.15, 0.2) is 0 Å². The summed E-state index contributed by atoms with van der Waals surface area (Å²) in [5, 5.41) is 0. The van der Waals surface area contributed by atoms with Gasteiger partial charge in [-0.2, -0.15) is 13.2 Å². The lowest BCUT2D eigenvalue weighted by molar-refractivity contribution is -0.164. The summed E-state index contributed by atoms with van der Waals surface area (Å²) in [4.78, 5) is 13.4. The van der Waals surface area contributed by atoms with Crippen molar-refractivity contribution in [2.45, 2.75) is 55.2 Å². The quantitative estimate of drug-likeness (QED) is 0.682. The molecule has 0 N–H and O–H groups in total. The number of carbonyl (C=O) groups excluding carboxylic acids is 1. The Morgan fingerprint density at radius 2 is 1.75 bits per heavy atom. The molecule has 0 aromatic heterocycles. The third-order valence-electron chi connectivity index (χ3n) is 3.32. The minimum Gasteiger partial charge on any atom is -0.336 e. The van der Waals surface area contributed by atoms with E-state index in [1.807, 2.05) is 0 Å². The molecule has 1 amide bonds. The molecule has 2 rings (SSSR count). The lowest BCUT2D eigenvalue weighted by atomic mass is 10.0. The van der Waals surface area contributed by atoms with Gasteiger partial charge in [0.05, 0.1) is 0 Å². The molecule has 2 heterocycles. The van der Waals surface area contributed by atoms with Crippen molar-refractivity contribution < 1.29 is 18.0 Å². The van der Waals surface area contributed by atoms with Crippen LogP contribution in [-0.4, -0.2) is 33.9 Å². The van der Waals surface area contributed by atoms with Crippen LogP contribution in [0.5, 0.6) is 0 Å². The summed E-state index contributed by atoms with van der Waals surface area (Å²) in [7, 11) is 0. The van der Waals surface area contributed by atoms with E-state index in [0.717, 1.165) is 25.7 Å². The van der Waals surface area contributed by atoms with Gasteiger partial charge in [-0.3, -0.25) is 4.79 Å². The first-order valence-corrected chi connectivity index (χ1v) is 6.30. The largest absolute Gasteiger partial charge is 0.397 e. The molecule has 0 radical (unpaired) electrons. The average molecular weight is 300 g/mol. The van der Waals surface area contributed by atoms with Crippen LogP contribution in [0.3, 0.4) is 0 Å². The number of alkyl halides is 4. The molecule has 0 aromatic rings. The summed E-state index contributed by atoms with van der Waals surface area (Å²) in [5.74, 6) is -0.751. The minimum absolute atomic E-state index is 0.0120. The minimum atomic E-state index is -4.39. The zero-order chi connectivity index (χ0) is 11.9. The smallest absolute Gasteiger partial charge is 0.336 e. The van der Waals surface area contributed by atoms with E-state index in [1.54, 1.807) is 0 Å². The standard InChI is InChI=1S/C10H13BrF3NO/c11-6-3-7-1-2-8(4-6)15(7)9(16)5-10(12,13)14/h6-8H,1-5H2. The fourth-order valence-electron chi connectivity index (χ4n) is 2.78. The highest BCUT2D eigenvalue weighted by atomic mass is 79.9. The van der Waals surface area contributed by atoms with Crippen molar-refractivity contribution in [2.24, 2.45) is 0 Å². The van der Waals surface area contributed by atoms with Crippen molar-refractivity contribution in [3.63, 3.8) is 0 Å². The number of carbonyl (C=O) groups is 1. The molecule has 0 spiro atoms. The molecule has 2 saturated heterocycles. The Labute approximate surface area is 100 Å². The molecule has 6 heteroatoms. The Bertz CT molecular complexity index is 280. The molecule has 2 fully saturated rings. The van der Waals surface area contributed by atoms with E-state index in [-0.39, 0.29) is 12.1 Å². The molecule has 0 saturated carbocycles. The first-order chi connectivity index (χ1) is 7.37. The molecule has 16 heavy (non-hydrogen) atoms. The van der Waals surface area contributed by atoms with Gasteiger partial charge in [0, 0.05) is 16.9 Å². The topological polar surface area (TPSA) is 20.3 Å². The Balaban J connectivity index is 2.03. The Kier molecular flexibility index (Phi) is 3.20. The van der Waals surface area contributed by atoms with Gasteiger partial charge in [-0.05, 0) is 25.7 Å². The molecule has 0 aliphatic carbocycles. The molecule has 2 aliphatic rings. The van der Waals surface area contributed by atoms with Crippen molar-refractivity contribution in [3.8, 4) is 0 Å². The van der Waals surface area contributed by atoms with Crippen molar-refractivity contribution >= 4 is 21.8 Å². The zero-order valence-corrected chi connectivity index (χ0v) is 10.2. The Morgan fingerprint density at radius 3 is 2.19 bits per heavy atom. The van der Waals surface area contributed by atoms with Gasteiger partial charge >= 0.3 is 6.18 Å². The highest BCUT2D eigenvalue weighted by Gasteiger charge is 2.45. The molecule has 2 atom stereocenters. The Morgan fingerprint density at radius 1 is 1.25 bits per heavy atom. The zero-order valence-electron chi connectivity index (χ0n) is 8.63. The van der Waals surface area contributed by atoms with Crippen LogP contribution in [0.2, 0.25) is 0 Å². The molecular formula is C10H13BrF3NO. The maximum Gasteiger partial charge on any atom is 0.397 e. The molecule has 2 nitrogen and oxygen atoms in total. The maximum absolute atomic E-state index is 12.2. The number of piperidine rings is 1. The van der Waals surface area contributed by atoms with E-state index in [2.05, 4.69) is 15.9 Å². The fourth-order valence-corrected chi connectivity index (χ4v) is 3.64. The lowest BCUT2D eigenvalue weighted by Crippen LogP contribution is -2.47. The van der Waals surface area contributed by atoms with E-state index in [1.165, 1.54) is 4.90 Å². The first-order valence-electron chi connectivity index (χ1n) is 5.39. The first kappa shape index (κ1) is 12.2. The van der Waals surface area contributed by atoms with Crippen LogP contribution in [0.4, 0.5) is 13.2 Å². The summed E-state index contributed by atoms with van der Waals surface area (Å²) in [5.41, 5.74) is 0. The number of hydrogen-bond acceptors (Lipinski definition) is 1. The second-order valence-electron chi connectivity index (χ2n) is 4.55. The van der Waals surface area contributed by atoms with Gasteiger partial charge in [-0.25, -0.2) is 0 Å². The van der Waals surface area contributed by atoms with Gasteiger partial charge < -0.3 is 4.90 Å². The third kappa shape index (κ3) is 2.52. The van der Waals surface area contributed by atoms with Gasteiger partial charge in [0.1, 0.15) is 6.42 Å². The van der Waals surface area contributed by atoms with Crippen molar-refractivity contribution in [3.05, 3.63) is 0 Å². The monoisotopic (exact) mass is 299 g/mol. The summed E-state index contributed by atoms with van der Waals surface area (Å²) >= 11 is 3.49. The number of amides is 1. The van der Waals surface area contributed by atoms with Crippen molar-refractivity contribution in [2.75, 3.05) is 0 Å². The SMILES string of the molecule is O=C(CC(F)(F)F)N1C2CCC1CC(Br)C2. The number of rotatable bonds is 1. The summed E-state index contributed by atoms with van der Waals surface area (Å²) in [6.07, 6.45) is -2.46. The molecule has 2 aliphatic heterocycles. The third-order valence-corrected chi connectivity index (χ3v) is 4.06. The summed E-state index contributed by atoms with van der Waals surface area (Å²) in [6, 6.07) is 0.0240. The van der Waals surface area contributed by atoms with E-state index < -0.39 is 18.5 Å². The van der Waals surface area contributed by atoms with Gasteiger partial charge in [0.25, 0.3) is 0 Å². The van der Waals surface area contributed by atoms with Crippen molar-refractivity contribution in [1.82, 2.24) is 4.90 Å². The average Bonchev–Trinajstić information content (AvgIpc) is 2.36. The van der Waals surface area contributed by atoms with Crippen LogP contribution in [0.1, 0.15) is 32.1 Å². The number of halogens is 4. The van der Waals surface area contributed by atoms with Gasteiger partial charge in [-0.1, -0.05) is 15.9 Å². The Hall–Kier alpha value is -0.260. The fraction of sp³-hybridized carbons (Fsp3) is 0.900. The lowest BCUT2D eigenvalue weighted by Gasteiger charge is -2.37. The van der Waals surface area contributed by atoms with E-state index in [4.69, 9.17) is 0 Å². The van der Waals surface area contributed by atoms with Crippen molar-refractivity contribution in [1.29, 1.82) is 0 Å². The molecule has 92 valence electrons. The maximum atomic E-state index is 12.2. The van der Waals surface area contributed by atoms with Gasteiger partial charge in [0.2, 0.25) is 5.91 Å². The molecule has 2 unspecified atom stereocenters. The van der Waals surface area contributed by atoms with Crippen LogP contribution in [0.25, 0.3) is 0 Å². The van der Waals surface area contributed by atoms with E-state index in [0.29, 0.717) is 4.83 Å². The van der Waals surface area contributed by atoms with Crippen LogP contribution >= 0.6 is 15.9 Å². The van der Waals surface area contributed by atoms with Gasteiger partial charge in [0.15, 0.2) is 0 Å². The second-order valence-corrected chi connectivity index (χ2v) is 5.84. The highest BCUT2D eigenvalue weighted by molar-refractivity contribution is 9.09. The van der Waals surface area contributed by atoms with Crippen LogP contribution in [0, 0.1) is 0 Å². The van der Waals surface area contributed by atoms with E-state index in [9.17, 15) is 18.0 Å². The molecule has 0 aromatic carbocycles. The van der Waals surface area contributed by atoms with Crippen LogP contribution in [-0.2, 0) is 4.79 Å². The molecular weight excluding hydrogens is 287 g/mol. The number of nitrogens with zero attached hydrogens (tertiary/aromatic N) is 1. The van der Waals surface area contributed by atoms with E-state index >= 15 is 0 Å². The number of fused-ring (bicyclic) bond motifs is 2. The number of hydrogen-bond donors (Lipinski definition) is 0. The predicted molar refractivity (Wildman–Crippen MR) is 56.3 cm³/mol. The predicted octanol–water partition coefficient (Wildman–Crippen LogP) is 2.86. The second kappa shape index (κ2) is 4.20. The summed E-state index contributed by atoms with van der Waals surface area (Å²) in [6.45, 7) is 0. The normalized spacial score (nSPS) is 34.2. The van der Waals surface area contributed by atoms with Crippen LogP contribution < -0.4 is 0 Å². The van der Waals surface area contributed by atoms with Gasteiger partial charge in [-0.15, -0.1) is 0 Å². The summed E-state index contributed by atoms with van der Waals surface area (Å²) < 4.78 is 36.5.